The number of halogens is 1. The third kappa shape index (κ3) is 3.73. The standard InChI is InChI=1S/C24H15ClN4O2/c1-4-27-24-18(14(3)30)11-19(17-8-13(2)28-21(25)10-17)22(29-24)20-9-15-6-5-7-16(12-26)23(15)31-20/h1,5-11H,2-3H3,(H,27,29). The van der Waals surface area contributed by atoms with Crippen LogP contribution in [0.15, 0.2) is 46.9 Å². The number of furan rings is 1. The zero-order chi connectivity index (χ0) is 22.1. The predicted molar refractivity (Wildman–Crippen MR) is 120 cm³/mol. The Hall–Kier alpha value is -4.13. The molecule has 0 saturated heterocycles. The number of anilines is 1. The van der Waals surface area contributed by atoms with Crippen molar-refractivity contribution >= 4 is 34.2 Å². The average Bonchev–Trinajstić information content (AvgIpc) is 3.17. The Balaban J connectivity index is 2.06. The number of hydrogen-bond donors (Lipinski definition) is 1. The van der Waals surface area contributed by atoms with Crippen molar-refractivity contribution in [3.8, 4) is 41.1 Å². The first kappa shape index (κ1) is 20.2. The molecule has 0 aliphatic heterocycles. The molecule has 0 unspecified atom stereocenters. The first-order chi connectivity index (χ1) is 14.9. The molecule has 150 valence electrons. The molecule has 0 aliphatic rings. The molecule has 7 heteroatoms. The van der Waals surface area contributed by atoms with Gasteiger partial charge in [0, 0.05) is 22.7 Å². The van der Waals surface area contributed by atoms with E-state index in [1.165, 1.54) is 6.92 Å². The number of carbonyl (C=O) groups is 1. The SMILES string of the molecule is C#CNc1nc(-c2cc3cccc(C#N)c3o2)c(-c2cc(C)nc(Cl)c2)cc1C(C)=O. The molecular formula is C24H15ClN4O2. The molecule has 0 fully saturated rings. The van der Waals surface area contributed by atoms with Gasteiger partial charge in [-0.3, -0.25) is 10.1 Å². The van der Waals surface area contributed by atoms with E-state index in [9.17, 15) is 10.1 Å². The van der Waals surface area contributed by atoms with Crippen LogP contribution in [-0.2, 0) is 0 Å². The summed E-state index contributed by atoms with van der Waals surface area (Å²) in [5, 5.41) is 13.2. The zero-order valence-electron chi connectivity index (χ0n) is 16.7. The van der Waals surface area contributed by atoms with Crippen molar-refractivity contribution in [2.45, 2.75) is 13.8 Å². The number of nitrogens with one attached hydrogen (secondary N) is 1. The molecule has 3 aromatic heterocycles. The number of aromatic nitrogens is 2. The van der Waals surface area contributed by atoms with E-state index >= 15 is 0 Å². The molecular weight excluding hydrogens is 412 g/mol. The van der Waals surface area contributed by atoms with Gasteiger partial charge < -0.3 is 4.42 Å². The fourth-order valence-electron chi connectivity index (χ4n) is 3.40. The van der Waals surface area contributed by atoms with E-state index in [-0.39, 0.29) is 11.6 Å². The Morgan fingerprint density at radius 1 is 1.23 bits per heavy atom. The van der Waals surface area contributed by atoms with Crippen LogP contribution in [0.5, 0.6) is 0 Å². The normalized spacial score (nSPS) is 10.5. The molecule has 4 aromatic rings. The van der Waals surface area contributed by atoms with Gasteiger partial charge in [0.25, 0.3) is 0 Å². The first-order valence-corrected chi connectivity index (χ1v) is 9.64. The zero-order valence-corrected chi connectivity index (χ0v) is 17.4. The van der Waals surface area contributed by atoms with E-state index in [2.05, 4.69) is 27.4 Å². The lowest BCUT2D eigenvalue weighted by molar-refractivity contribution is 0.101. The van der Waals surface area contributed by atoms with Crippen molar-refractivity contribution in [3.63, 3.8) is 0 Å². The molecule has 0 bridgehead atoms. The van der Waals surface area contributed by atoms with Gasteiger partial charge in [-0.15, -0.1) is 0 Å². The minimum Gasteiger partial charge on any atom is -0.453 e. The molecule has 0 saturated carbocycles. The molecule has 0 amide bonds. The summed E-state index contributed by atoms with van der Waals surface area (Å²) >= 11 is 6.19. The van der Waals surface area contributed by atoms with Crippen molar-refractivity contribution in [1.29, 1.82) is 5.26 Å². The average molecular weight is 427 g/mol. The molecule has 0 radical (unpaired) electrons. The van der Waals surface area contributed by atoms with E-state index in [0.29, 0.717) is 44.6 Å². The minimum absolute atomic E-state index is 0.203. The number of nitrogens with zero attached hydrogens (tertiary/aromatic N) is 3. The third-order valence-electron chi connectivity index (χ3n) is 4.72. The summed E-state index contributed by atoms with van der Waals surface area (Å²) in [7, 11) is 0. The lowest BCUT2D eigenvalue weighted by Crippen LogP contribution is -2.05. The van der Waals surface area contributed by atoms with E-state index in [0.717, 1.165) is 10.9 Å². The number of ketones is 1. The van der Waals surface area contributed by atoms with Crippen LogP contribution in [0, 0.1) is 30.7 Å². The molecule has 1 N–H and O–H groups in total. The Kier molecular flexibility index (Phi) is 5.17. The summed E-state index contributed by atoms with van der Waals surface area (Å²) < 4.78 is 6.03. The van der Waals surface area contributed by atoms with Gasteiger partial charge in [-0.1, -0.05) is 30.2 Å². The van der Waals surface area contributed by atoms with Gasteiger partial charge in [-0.25, -0.2) is 9.97 Å². The topological polar surface area (TPSA) is 91.8 Å². The number of carbonyl (C=O) groups excluding carboxylic acids is 1. The molecule has 1 aromatic carbocycles. The Labute approximate surface area is 183 Å². The fourth-order valence-corrected chi connectivity index (χ4v) is 3.66. The number of Topliss-reactive ketones (excluding diaryl/α,β-unsaturated/α-hetero) is 1. The molecule has 0 spiro atoms. The second-order valence-corrected chi connectivity index (χ2v) is 7.26. The van der Waals surface area contributed by atoms with Crippen LogP contribution < -0.4 is 5.32 Å². The summed E-state index contributed by atoms with van der Waals surface area (Å²) in [6.07, 6.45) is 5.41. The number of para-hydroxylation sites is 1. The molecule has 6 nitrogen and oxygen atoms in total. The van der Waals surface area contributed by atoms with Gasteiger partial charge >= 0.3 is 0 Å². The van der Waals surface area contributed by atoms with Gasteiger partial charge in [-0.2, -0.15) is 5.26 Å². The lowest BCUT2D eigenvalue weighted by atomic mass is 9.99. The number of aryl methyl sites for hydroxylation is 1. The summed E-state index contributed by atoms with van der Waals surface area (Å²) in [4.78, 5) is 21.1. The molecule has 3 heterocycles. The van der Waals surface area contributed by atoms with E-state index in [1.807, 2.05) is 19.1 Å². The quantitative estimate of drug-likeness (QED) is 0.198. The summed E-state index contributed by atoms with van der Waals surface area (Å²) in [5.74, 6) is 0.464. The smallest absolute Gasteiger partial charge is 0.163 e. The number of hydrogen-bond acceptors (Lipinski definition) is 6. The number of fused-ring (bicyclic) bond motifs is 1. The third-order valence-corrected chi connectivity index (χ3v) is 4.92. The molecule has 0 aliphatic carbocycles. The van der Waals surface area contributed by atoms with Gasteiger partial charge in [-0.05, 0) is 49.7 Å². The maximum absolute atomic E-state index is 12.3. The number of terminal acetylenes is 1. The monoisotopic (exact) mass is 426 g/mol. The highest BCUT2D eigenvalue weighted by Crippen LogP contribution is 2.38. The maximum atomic E-state index is 12.3. The van der Waals surface area contributed by atoms with Crippen LogP contribution in [0.4, 0.5) is 5.82 Å². The highest BCUT2D eigenvalue weighted by atomic mass is 35.5. The largest absolute Gasteiger partial charge is 0.453 e. The number of nitriles is 1. The molecule has 31 heavy (non-hydrogen) atoms. The first-order valence-electron chi connectivity index (χ1n) is 9.26. The van der Waals surface area contributed by atoms with Crippen molar-refractivity contribution < 1.29 is 9.21 Å². The summed E-state index contributed by atoms with van der Waals surface area (Å²) in [5.41, 5.74) is 3.70. The van der Waals surface area contributed by atoms with Crippen LogP contribution in [-0.4, -0.2) is 15.8 Å². The summed E-state index contributed by atoms with van der Waals surface area (Å²) in [6, 6.07) is 16.8. The Bertz CT molecular complexity index is 1420. The summed E-state index contributed by atoms with van der Waals surface area (Å²) in [6.45, 7) is 3.26. The number of rotatable bonds is 4. The molecule has 0 atom stereocenters. The highest BCUT2D eigenvalue weighted by Gasteiger charge is 2.21. The number of benzene rings is 1. The van der Waals surface area contributed by atoms with Gasteiger partial charge in [0.05, 0.1) is 11.1 Å². The van der Waals surface area contributed by atoms with Crippen LogP contribution in [0.1, 0.15) is 28.5 Å². The van der Waals surface area contributed by atoms with Crippen molar-refractivity contribution in [1.82, 2.24) is 9.97 Å². The molecule has 4 rings (SSSR count). The van der Waals surface area contributed by atoms with Crippen molar-refractivity contribution in [2.75, 3.05) is 5.32 Å². The van der Waals surface area contributed by atoms with E-state index in [4.69, 9.17) is 22.4 Å². The highest BCUT2D eigenvalue weighted by molar-refractivity contribution is 6.29. The second kappa shape index (κ2) is 7.95. The van der Waals surface area contributed by atoms with Crippen molar-refractivity contribution in [3.05, 3.63) is 64.4 Å². The van der Waals surface area contributed by atoms with Crippen LogP contribution in [0.2, 0.25) is 5.15 Å². The maximum Gasteiger partial charge on any atom is 0.163 e. The minimum atomic E-state index is -0.203. The second-order valence-electron chi connectivity index (χ2n) is 6.87. The Morgan fingerprint density at radius 2 is 2.03 bits per heavy atom. The van der Waals surface area contributed by atoms with Crippen LogP contribution in [0.25, 0.3) is 33.6 Å². The predicted octanol–water partition coefficient (Wildman–Crippen LogP) is 5.60. The van der Waals surface area contributed by atoms with Crippen LogP contribution in [0.3, 0.4) is 0 Å². The van der Waals surface area contributed by atoms with Gasteiger partial charge in [0.2, 0.25) is 0 Å². The van der Waals surface area contributed by atoms with Gasteiger partial charge in [0.1, 0.15) is 22.7 Å². The fraction of sp³-hybridized carbons (Fsp3) is 0.0833. The number of pyridine rings is 2. The van der Waals surface area contributed by atoms with E-state index < -0.39 is 0 Å². The lowest BCUT2D eigenvalue weighted by Gasteiger charge is -2.13. The van der Waals surface area contributed by atoms with Crippen LogP contribution >= 0.6 is 11.6 Å². The Morgan fingerprint density at radius 3 is 2.71 bits per heavy atom. The van der Waals surface area contributed by atoms with Crippen molar-refractivity contribution in [2.24, 2.45) is 0 Å². The van der Waals surface area contributed by atoms with E-state index in [1.54, 1.807) is 30.3 Å². The van der Waals surface area contributed by atoms with Gasteiger partial charge in [0.15, 0.2) is 17.1 Å².